The van der Waals surface area contributed by atoms with Crippen LogP contribution in [0.25, 0.3) is 0 Å². The van der Waals surface area contributed by atoms with Gasteiger partial charge in [-0.15, -0.1) is 0 Å². The van der Waals surface area contributed by atoms with Gasteiger partial charge in [-0.2, -0.15) is 5.26 Å². The van der Waals surface area contributed by atoms with E-state index in [0.717, 1.165) is 42.8 Å². The van der Waals surface area contributed by atoms with Crippen molar-refractivity contribution in [1.29, 1.82) is 5.26 Å². The number of phenolic OH excluding ortho intramolecular Hbond substituents is 1. The number of likely N-dealkylation sites (tertiary alicyclic amines) is 1. The van der Waals surface area contributed by atoms with Crippen molar-refractivity contribution in [3.8, 4) is 23.3 Å². The first kappa shape index (κ1) is 17.9. The third-order valence-electron chi connectivity index (χ3n) is 5.08. The van der Waals surface area contributed by atoms with Gasteiger partial charge in [-0.1, -0.05) is 18.2 Å². The van der Waals surface area contributed by atoms with Crippen LogP contribution in [0.5, 0.6) is 17.2 Å². The van der Waals surface area contributed by atoms with E-state index >= 15 is 0 Å². The van der Waals surface area contributed by atoms with E-state index in [1.165, 1.54) is 0 Å². The normalized spacial score (nSPS) is 18.7. The highest BCUT2D eigenvalue weighted by molar-refractivity contribution is 5.61. The van der Waals surface area contributed by atoms with Gasteiger partial charge in [0.15, 0.2) is 0 Å². The number of methoxy groups -OCH3 is 1. The maximum atomic E-state index is 9.92. The number of aromatic hydroxyl groups is 1. The summed E-state index contributed by atoms with van der Waals surface area (Å²) in [6, 6.07) is 14.9. The van der Waals surface area contributed by atoms with Crippen molar-refractivity contribution in [2.24, 2.45) is 4.99 Å². The Morgan fingerprint density at radius 3 is 2.64 bits per heavy atom. The lowest BCUT2D eigenvalue weighted by atomic mass is 9.83. The molecule has 1 atom stereocenters. The first-order chi connectivity index (χ1) is 13.7. The van der Waals surface area contributed by atoms with Crippen LogP contribution < -0.4 is 9.47 Å². The molecule has 6 nitrogen and oxygen atoms in total. The molecule has 0 bridgehead atoms. The first-order valence-electron chi connectivity index (χ1n) is 9.27. The average molecular weight is 375 g/mol. The number of allylic oxidation sites excluding steroid dienone is 1. The summed E-state index contributed by atoms with van der Waals surface area (Å²) in [6.45, 7) is 1.91. The summed E-state index contributed by atoms with van der Waals surface area (Å²) in [5.41, 5.74) is 2.19. The minimum atomic E-state index is -0.328. The van der Waals surface area contributed by atoms with Crippen LogP contribution in [0.1, 0.15) is 29.9 Å². The molecular weight excluding hydrogens is 354 g/mol. The van der Waals surface area contributed by atoms with Crippen molar-refractivity contribution < 1.29 is 14.6 Å². The molecule has 0 amide bonds. The fraction of sp³-hybridized carbons (Fsp3) is 0.273. The Bertz CT molecular complexity index is 968. The molecular formula is C22H21N3O3. The van der Waals surface area contributed by atoms with Crippen LogP contribution in [0, 0.1) is 11.3 Å². The largest absolute Gasteiger partial charge is 0.508 e. The molecule has 2 aromatic carbocycles. The number of nitrogens with zero attached hydrogens (tertiary/aromatic N) is 3. The maximum Gasteiger partial charge on any atom is 0.235 e. The van der Waals surface area contributed by atoms with Crippen LogP contribution in [0.2, 0.25) is 0 Å². The lowest BCUT2D eigenvalue weighted by molar-refractivity contribution is 0.387. The monoisotopic (exact) mass is 375 g/mol. The molecule has 2 aliphatic heterocycles. The summed E-state index contributed by atoms with van der Waals surface area (Å²) in [6.07, 6.45) is 4.03. The number of fused-ring (bicyclic) bond motifs is 1. The van der Waals surface area contributed by atoms with Crippen LogP contribution in [0.4, 0.5) is 0 Å². The van der Waals surface area contributed by atoms with Crippen molar-refractivity contribution in [2.75, 3.05) is 20.2 Å². The van der Waals surface area contributed by atoms with Crippen LogP contribution in [0.15, 0.2) is 58.9 Å². The summed E-state index contributed by atoms with van der Waals surface area (Å²) in [4.78, 5) is 6.60. The number of ether oxygens (including phenoxy) is 2. The average Bonchev–Trinajstić information content (AvgIpc) is 3.24. The van der Waals surface area contributed by atoms with E-state index < -0.39 is 0 Å². The van der Waals surface area contributed by atoms with E-state index in [2.05, 4.69) is 16.0 Å². The zero-order chi connectivity index (χ0) is 19.5. The number of rotatable bonds is 4. The van der Waals surface area contributed by atoms with Gasteiger partial charge in [-0.25, -0.2) is 4.99 Å². The van der Waals surface area contributed by atoms with Gasteiger partial charge in [-0.05, 0) is 36.6 Å². The zero-order valence-electron chi connectivity index (χ0n) is 15.6. The first-order valence-corrected chi connectivity index (χ1v) is 9.27. The van der Waals surface area contributed by atoms with E-state index in [1.807, 2.05) is 24.3 Å². The molecule has 0 spiro atoms. The number of aliphatic imine (C=N–C) groups is 1. The molecule has 1 fully saturated rings. The molecule has 0 aliphatic carbocycles. The predicted octanol–water partition coefficient (Wildman–Crippen LogP) is 3.78. The van der Waals surface area contributed by atoms with Crippen molar-refractivity contribution >= 4 is 6.34 Å². The Labute approximate surface area is 164 Å². The molecule has 4 rings (SSSR count). The highest BCUT2D eigenvalue weighted by Gasteiger charge is 2.32. The SMILES string of the molecule is COc1ccc([C@H]2C(C#N)=C(N=CN3CCCC3)Oc3cc(O)ccc32)cc1. The number of nitriles is 1. The zero-order valence-corrected chi connectivity index (χ0v) is 15.6. The van der Waals surface area contributed by atoms with E-state index in [-0.39, 0.29) is 17.6 Å². The predicted molar refractivity (Wildman–Crippen MR) is 106 cm³/mol. The van der Waals surface area contributed by atoms with Gasteiger partial charge in [-0.3, -0.25) is 0 Å². The molecule has 2 aliphatic rings. The molecule has 2 heterocycles. The van der Waals surface area contributed by atoms with Crippen molar-refractivity contribution in [1.82, 2.24) is 4.90 Å². The minimum absolute atomic E-state index is 0.107. The number of hydrogen-bond acceptors (Lipinski definition) is 5. The number of phenols is 1. The molecule has 6 heteroatoms. The molecule has 1 saturated heterocycles. The Balaban J connectivity index is 1.80. The topological polar surface area (TPSA) is 78.1 Å². The Hall–Kier alpha value is -3.46. The van der Waals surface area contributed by atoms with Gasteiger partial charge in [0.05, 0.1) is 19.4 Å². The quantitative estimate of drug-likeness (QED) is 0.650. The molecule has 2 aromatic rings. The fourth-order valence-corrected chi connectivity index (χ4v) is 3.63. The van der Waals surface area contributed by atoms with Gasteiger partial charge >= 0.3 is 0 Å². The van der Waals surface area contributed by atoms with E-state index in [1.54, 1.807) is 31.6 Å². The summed E-state index contributed by atoms with van der Waals surface area (Å²) in [5, 5.41) is 19.8. The lowest BCUT2D eigenvalue weighted by Crippen LogP contribution is -2.19. The van der Waals surface area contributed by atoms with Gasteiger partial charge in [0.1, 0.15) is 28.9 Å². The molecule has 1 N–H and O–H groups in total. The third kappa shape index (κ3) is 3.39. The fourth-order valence-electron chi connectivity index (χ4n) is 3.63. The maximum absolute atomic E-state index is 9.92. The Kier molecular flexibility index (Phi) is 4.90. The second kappa shape index (κ2) is 7.65. The summed E-state index contributed by atoms with van der Waals surface area (Å²) < 4.78 is 11.2. The summed E-state index contributed by atoms with van der Waals surface area (Å²) in [5.74, 6) is 1.31. The van der Waals surface area contributed by atoms with Crippen LogP contribution >= 0.6 is 0 Å². The molecule has 0 saturated carbocycles. The van der Waals surface area contributed by atoms with Gasteiger partial charge < -0.3 is 19.5 Å². The van der Waals surface area contributed by atoms with Crippen molar-refractivity contribution in [3.63, 3.8) is 0 Å². The van der Waals surface area contributed by atoms with Crippen LogP contribution in [0.3, 0.4) is 0 Å². The number of benzene rings is 2. The van der Waals surface area contributed by atoms with Gasteiger partial charge in [0.25, 0.3) is 0 Å². The van der Waals surface area contributed by atoms with Gasteiger partial charge in [0, 0.05) is 24.7 Å². The van der Waals surface area contributed by atoms with Crippen molar-refractivity contribution in [2.45, 2.75) is 18.8 Å². The molecule has 28 heavy (non-hydrogen) atoms. The number of hydrogen-bond donors (Lipinski definition) is 1. The molecule has 0 aromatic heterocycles. The van der Waals surface area contributed by atoms with Crippen LogP contribution in [-0.2, 0) is 0 Å². The molecule has 142 valence electrons. The Morgan fingerprint density at radius 2 is 1.96 bits per heavy atom. The second-order valence-corrected chi connectivity index (χ2v) is 6.85. The Morgan fingerprint density at radius 1 is 1.21 bits per heavy atom. The highest BCUT2D eigenvalue weighted by atomic mass is 16.5. The van der Waals surface area contributed by atoms with Gasteiger partial charge in [0.2, 0.25) is 5.88 Å². The van der Waals surface area contributed by atoms with E-state index in [9.17, 15) is 10.4 Å². The summed E-state index contributed by atoms with van der Waals surface area (Å²) in [7, 11) is 1.62. The smallest absolute Gasteiger partial charge is 0.235 e. The summed E-state index contributed by atoms with van der Waals surface area (Å²) >= 11 is 0. The van der Waals surface area contributed by atoms with E-state index in [0.29, 0.717) is 11.3 Å². The molecule has 0 unspecified atom stereocenters. The standard InChI is InChI=1S/C22H21N3O3/c1-27-17-7-4-15(5-8-17)21-18-9-6-16(26)12-20(18)28-22(19(21)13-23)24-14-25-10-2-3-11-25/h4-9,12,14,21,26H,2-3,10-11H2,1H3/t21-/m1/s1. The second-order valence-electron chi connectivity index (χ2n) is 6.85. The van der Waals surface area contributed by atoms with Crippen LogP contribution in [-0.4, -0.2) is 36.5 Å². The molecule has 0 radical (unpaired) electrons. The highest BCUT2D eigenvalue weighted by Crippen LogP contribution is 2.44. The minimum Gasteiger partial charge on any atom is -0.508 e. The van der Waals surface area contributed by atoms with E-state index in [4.69, 9.17) is 9.47 Å². The lowest BCUT2D eigenvalue weighted by Gasteiger charge is -2.26. The third-order valence-corrected chi connectivity index (χ3v) is 5.08. The van der Waals surface area contributed by atoms with Crippen molar-refractivity contribution in [3.05, 3.63) is 65.0 Å².